The zero-order valence-electron chi connectivity index (χ0n) is 18.7. The van der Waals surface area contributed by atoms with Crippen molar-refractivity contribution in [2.24, 2.45) is 0 Å². The van der Waals surface area contributed by atoms with Crippen LogP contribution in [0.15, 0.2) is 36.5 Å². The zero-order valence-corrected chi connectivity index (χ0v) is 18.7. The summed E-state index contributed by atoms with van der Waals surface area (Å²) in [5.41, 5.74) is 0.640. The van der Waals surface area contributed by atoms with Crippen LogP contribution >= 0.6 is 0 Å². The number of carbonyl (C=O) groups excluding carboxylic acids is 2. The number of nitrogens with one attached hydrogen (secondary N) is 2. The van der Waals surface area contributed by atoms with Crippen LogP contribution in [0.3, 0.4) is 0 Å². The molecule has 11 heteroatoms. The van der Waals surface area contributed by atoms with Crippen molar-refractivity contribution in [3.8, 4) is 0 Å². The van der Waals surface area contributed by atoms with Crippen LogP contribution in [-0.2, 0) is 16.1 Å². The third-order valence-electron chi connectivity index (χ3n) is 5.96. The third kappa shape index (κ3) is 4.85. The summed E-state index contributed by atoms with van der Waals surface area (Å²) in [5, 5.41) is 10.8. The van der Waals surface area contributed by atoms with E-state index in [-0.39, 0.29) is 23.8 Å². The van der Waals surface area contributed by atoms with Gasteiger partial charge in [0.05, 0.1) is 24.4 Å². The number of carbonyl (C=O) groups is 2. The van der Waals surface area contributed by atoms with E-state index >= 15 is 0 Å². The van der Waals surface area contributed by atoms with Gasteiger partial charge in [0, 0.05) is 56.9 Å². The van der Waals surface area contributed by atoms with Crippen LogP contribution in [0.2, 0.25) is 0 Å². The number of hydrogen-bond acceptors (Lipinski definition) is 7. The number of amides is 2. The third-order valence-corrected chi connectivity index (χ3v) is 5.96. The van der Waals surface area contributed by atoms with Crippen LogP contribution in [-0.4, -0.2) is 84.0 Å². The van der Waals surface area contributed by atoms with E-state index in [0.29, 0.717) is 56.1 Å². The first-order valence-corrected chi connectivity index (χ1v) is 11.3. The number of fused-ring (bicyclic) bond motifs is 1. The monoisotopic (exact) mass is 467 g/mol. The Hall–Kier alpha value is -3.57. The highest BCUT2D eigenvalue weighted by molar-refractivity contribution is 6.04. The van der Waals surface area contributed by atoms with Crippen molar-refractivity contribution in [3.05, 3.63) is 48.0 Å². The lowest BCUT2D eigenvalue weighted by molar-refractivity contribution is -0.132. The molecule has 2 fully saturated rings. The van der Waals surface area contributed by atoms with Crippen LogP contribution in [0.4, 0.5) is 15.9 Å². The lowest BCUT2D eigenvalue weighted by atomic mass is 10.2. The average molecular weight is 468 g/mol. The van der Waals surface area contributed by atoms with Gasteiger partial charge in [-0.3, -0.25) is 14.3 Å². The Kier molecular flexibility index (Phi) is 6.37. The van der Waals surface area contributed by atoms with E-state index in [1.165, 1.54) is 16.8 Å². The number of benzene rings is 1. The van der Waals surface area contributed by atoms with Crippen molar-refractivity contribution in [3.63, 3.8) is 0 Å². The lowest BCUT2D eigenvalue weighted by Gasteiger charge is -2.27. The van der Waals surface area contributed by atoms with Crippen LogP contribution in [0.1, 0.15) is 10.5 Å². The van der Waals surface area contributed by atoms with E-state index in [2.05, 4.69) is 20.7 Å². The van der Waals surface area contributed by atoms with E-state index in [9.17, 15) is 14.0 Å². The number of anilines is 2. The number of pyridine rings is 1. The quantitative estimate of drug-likeness (QED) is 0.579. The number of halogens is 1. The fourth-order valence-corrected chi connectivity index (χ4v) is 4.13. The first-order chi connectivity index (χ1) is 16.6. The van der Waals surface area contributed by atoms with Crippen LogP contribution in [0, 0.1) is 5.82 Å². The van der Waals surface area contributed by atoms with Gasteiger partial charge in [0.25, 0.3) is 5.91 Å². The maximum absolute atomic E-state index is 14.7. The smallest absolute Gasteiger partial charge is 0.274 e. The highest BCUT2D eigenvalue weighted by atomic mass is 19.1. The summed E-state index contributed by atoms with van der Waals surface area (Å²) in [7, 11) is 0. The van der Waals surface area contributed by atoms with Gasteiger partial charge in [-0.25, -0.2) is 9.37 Å². The maximum Gasteiger partial charge on any atom is 0.274 e. The van der Waals surface area contributed by atoms with Crippen molar-refractivity contribution in [1.82, 2.24) is 25.0 Å². The minimum absolute atomic E-state index is 0.0315. The number of aromatic nitrogens is 3. The van der Waals surface area contributed by atoms with E-state index in [4.69, 9.17) is 4.74 Å². The minimum atomic E-state index is -0.608. The topological polar surface area (TPSA) is 105 Å². The number of nitrogens with zero attached hydrogens (tertiary/aromatic N) is 5. The van der Waals surface area contributed by atoms with Crippen LogP contribution in [0.25, 0.3) is 10.9 Å². The largest absolute Gasteiger partial charge is 0.378 e. The van der Waals surface area contributed by atoms with Gasteiger partial charge in [-0.05, 0) is 18.2 Å². The summed E-state index contributed by atoms with van der Waals surface area (Å²) in [6.45, 7) is 5.55. The van der Waals surface area contributed by atoms with Crippen molar-refractivity contribution < 1.29 is 18.7 Å². The molecule has 0 bridgehead atoms. The molecular formula is C23H26FN7O3. The Balaban J connectivity index is 1.30. The highest BCUT2D eigenvalue weighted by Crippen LogP contribution is 2.23. The van der Waals surface area contributed by atoms with E-state index in [1.807, 2.05) is 11.0 Å². The molecule has 2 aliphatic heterocycles. The van der Waals surface area contributed by atoms with Crippen molar-refractivity contribution in [1.29, 1.82) is 0 Å². The van der Waals surface area contributed by atoms with Gasteiger partial charge in [-0.2, -0.15) is 5.10 Å². The number of piperazine rings is 1. The van der Waals surface area contributed by atoms with Crippen molar-refractivity contribution >= 4 is 34.2 Å². The Labute approximate surface area is 195 Å². The molecule has 34 heavy (non-hydrogen) atoms. The zero-order chi connectivity index (χ0) is 23.5. The van der Waals surface area contributed by atoms with Crippen molar-refractivity contribution in [2.75, 3.05) is 62.7 Å². The summed E-state index contributed by atoms with van der Waals surface area (Å²) in [6.07, 6.45) is 1.68. The highest BCUT2D eigenvalue weighted by Gasteiger charge is 2.19. The summed E-state index contributed by atoms with van der Waals surface area (Å²) < 4.78 is 21.6. The molecule has 0 unspecified atom stereocenters. The number of rotatable bonds is 5. The molecule has 2 saturated heterocycles. The van der Waals surface area contributed by atoms with Gasteiger partial charge in [-0.1, -0.05) is 6.07 Å². The molecule has 2 amide bonds. The van der Waals surface area contributed by atoms with Gasteiger partial charge in [0.1, 0.15) is 23.9 Å². The van der Waals surface area contributed by atoms with Crippen molar-refractivity contribution in [2.45, 2.75) is 6.54 Å². The van der Waals surface area contributed by atoms with Crippen LogP contribution in [0.5, 0.6) is 0 Å². The molecular weight excluding hydrogens is 441 g/mol. The first-order valence-electron chi connectivity index (χ1n) is 11.3. The molecule has 5 rings (SSSR count). The van der Waals surface area contributed by atoms with E-state index in [1.54, 1.807) is 23.2 Å². The Bertz CT molecular complexity index is 1200. The minimum Gasteiger partial charge on any atom is -0.378 e. The summed E-state index contributed by atoms with van der Waals surface area (Å²) >= 11 is 0. The molecule has 178 valence electrons. The van der Waals surface area contributed by atoms with E-state index in [0.717, 1.165) is 13.1 Å². The van der Waals surface area contributed by atoms with Crippen LogP contribution < -0.4 is 15.5 Å². The molecule has 2 aliphatic rings. The van der Waals surface area contributed by atoms with Gasteiger partial charge in [0.15, 0.2) is 0 Å². The molecule has 3 aromatic rings. The molecule has 2 N–H and O–H groups in total. The predicted molar refractivity (Wildman–Crippen MR) is 124 cm³/mol. The Morgan fingerprint density at radius 3 is 2.71 bits per heavy atom. The van der Waals surface area contributed by atoms with Gasteiger partial charge in [-0.15, -0.1) is 0 Å². The summed E-state index contributed by atoms with van der Waals surface area (Å²) in [5.74, 6) is -0.463. The molecule has 0 aliphatic carbocycles. The second-order valence-electron chi connectivity index (χ2n) is 8.28. The predicted octanol–water partition coefficient (Wildman–Crippen LogP) is 1.09. The maximum atomic E-state index is 14.7. The number of ether oxygens (including phenoxy) is 1. The Morgan fingerprint density at radius 2 is 1.91 bits per heavy atom. The molecule has 4 heterocycles. The number of hydrogen-bond donors (Lipinski definition) is 2. The van der Waals surface area contributed by atoms with Gasteiger partial charge in [0.2, 0.25) is 5.91 Å². The lowest BCUT2D eigenvalue weighted by Crippen LogP contribution is -2.47. The average Bonchev–Trinajstić information content (AvgIpc) is 3.26. The molecule has 2 aromatic heterocycles. The second kappa shape index (κ2) is 9.74. The molecule has 0 spiro atoms. The molecule has 1 aromatic carbocycles. The molecule has 0 radical (unpaired) electrons. The first kappa shape index (κ1) is 22.2. The van der Waals surface area contributed by atoms with E-state index < -0.39 is 11.7 Å². The molecule has 10 nitrogen and oxygen atoms in total. The Morgan fingerprint density at radius 1 is 1.12 bits per heavy atom. The summed E-state index contributed by atoms with van der Waals surface area (Å²) in [6, 6.07) is 7.97. The van der Waals surface area contributed by atoms with Gasteiger partial charge >= 0.3 is 0 Å². The fraction of sp³-hybridized carbons (Fsp3) is 0.391. The SMILES string of the molecule is O=C(Nc1cc2cn(CC(=O)N3CCNCC3)nc2cc1F)c1cccc(N2CCOCC2)n1. The number of morpholine rings is 1. The standard InChI is InChI=1S/C23H26FN7O3/c24-17-13-19-16(14-31(28-19)15-22(32)30-6-4-25-5-7-30)12-20(17)27-23(33)18-2-1-3-21(26-18)29-8-10-34-11-9-29/h1-3,12-14,25H,4-11,15H2,(H,27,33). The molecule has 0 saturated carbocycles. The molecule has 0 atom stereocenters. The van der Waals surface area contributed by atoms with Gasteiger partial charge < -0.3 is 25.2 Å². The normalized spacial score (nSPS) is 16.6. The second-order valence-corrected chi connectivity index (χ2v) is 8.28. The summed E-state index contributed by atoms with van der Waals surface area (Å²) in [4.78, 5) is 33.6. The fourth-order valence-electron chi connectivity index (χ4n) is 4.13.